The molecule has 0 aliphatic carbocycles. The maximum atomic E-state index is 11.1. The number of hydrogen-bond donors (Lipinski definition) is 2. The second-order valence-corrected chi connectivity index (χ2v) is 4.69. The van der Waals surface area contributed by atoms with Crippen molar-refractivity contribution in [1.29, 1.82) is 0 Å². The number of aryl methyl sites for hydroxylation is 1. The summed E-state index contributed by atoms with van der Waals surface area (Å²) in [7, 11) is 0. The number of hydrogen-bond acceptors (Lipinski definition) is 5. The fraction of sp³-hybridized carbons (Fsp3) is 0.214. The summed E-state index contributed by atoms with van der Waals surface area (Å²) in [5.41, 5.74) is 6.49. The summed E-state index contributed by atoms with van der Waals surface area (Å²) in [4.78, 5) is 21.3. The minimum atomic E-state index is -1.13. The molecular weight excluding hydrogens is 276 g/mol. The molecule has 1 heterocycles. The second kappa shape index (κ2) is 5.76. The lowest BCUT2D eigenvalue weighted by Crippen LogP contribution is -2.32. The number of furan rings is 1. The van der Waals surface area contributed by atoms with Crippen LogP contribution in [-0.2, 0) is 11.2 Å². The molecule has 1 atom stereocenters. The van der Waals surface area contributed by atoms with Gasteiger partial charge in [0.05, 0.1) is 10.5 Å². The van der Waals surface area contributed by atoms with Crippen LogP contribution in [0.25, 0.3) is 11.3 Å². The van der Waals surface area contributed by atoms with E-state index in [9.17, 15) is 14.9 Å². The maximum absolute atomic E-state index is 11.1. The van der Waals surface area contributed by atoms with E-state index in [-0.39, 0.29) is 12.1 Å². The van der Waals surface area contributed by atoms with Crippen LogP contribution < -0.4 is 5.73 Å². The van der Waals surface area contributed by atoms with E-state index in [2.05, 4.69) is 0 Å². The normalized spacial score (nSPS) is 12.1. The van der Waals surface area contributed by atoms with Gasteiger partial charge in [-0.05, 0) is 30.7 Å². The molecule has 110 valence electrons. The Labute approximate surface area is 120 Å². The molecular formula is C14H14N2O5. The Bertz CT molecular complexity index is 692. The van der Waals surface area contributed by atoms with E-state index in [4.69, 9.17) is 15.3 Å². The van der Waals surface area contributed by atoms with Gasteiger partial charge in [0.15, 0.2) is 0 Å². The van der Waals surface area contributed by atoms with Crippen molar-refractivity contribution in [3.63, 3.8) is 0 Å². The van der Waals surface area contributed by atoms with E-state index in [1.54, 1.807) is 31.2 Å². The Morgan fingerprint density at radius 2 is 2.14 bits per heavy atom. The average molecular weight is 290 g/mol. The van der Waals surface area contributed by atoms with E-state index in [1.807, 2.05) is 0 Å². The van der Waals surface area contributed by atoms with E-state index in [1.165, 1.54) is 6.07 Å². The first-order valence-corrected chi connectivity index (χ1v) is 6.21. The largest absolute Gasteiger partial charge is 0.480 e. The van der Waals surface area contributed by atoms with Gasteiger partial charge in [0.2, 0.25) is 0 Å². The van der Waals surface area contributed by atoms with Crippen LogP contribution in [0.4, 0.5) is 5.69 Å². The van der Waals surface area contributed by atoms with Crippen LogP contribution in [0.15, 0.2) is 34.7 Å². The lowest BCUT2D eigenvalue weighted by atomic mass is 10.1. The third-order valence-corrected chi connectivity index (χ3v) is 3.02. The molecule has 2 aromatic rings. The van der Waals surface area contributed by atoms with Gasteiger partial charge in [0, 0.05) is 12.5 Å². The molecule has 1 aromatic heterocycles. The summed E-state index contributed by atoms with van der Waals surface area (Å²) in [6.45, 7) is 1.76. The van der Waals surface area contributed by atoms with Gasteiger partial charge in [-0.15, -0.1) is 0 Å². The molecule has 0 bridgehead atoms. The molecule has 0 amide bonds. The molecule has 0 fully saturated rings. The van der Waals surface area contributed by atoms with Gasteiger partial charge in [-0.1, -0.05) is 6.07 Å². The van der Waals surface area contributed by atoms with E-state index < -0.39 is 16.9 Å². The van der Waals surface area contributed by atoms with Crippen molar-refractivity contribution >= 4 is 11.7 Å². The Hall–Kier alpha value is -2.67. The number of nitrogens with zero attached hydrogens (tertiary/aromatic N) is 1. The monoisotopic (exact) mass is 290 g/mol. The predicted octanol–water partition coefficient (Wildman–Crippen LogP) is 2.12. The molecule has 7 heteroatoms. The van der Waals surface area contributed by atoms with Gasteiger partial charge in [-0.3, -0.25) is 14.9 Å². The number of nitro benzene ring substituents is 1. The van der Waals surface area contributed by atoms with Gasteiger partial charge in [0.1, 0.15) is 17.6 Å². The standard InChI is InChI=1S/C14H14N2O5/c1-8-2-4-10(12(6-8)16(19)20)13-5-3-9(21-13)7-11(15)14(17)18/h2-6,11H,7,15H2,1H3,(H,17,18). The number of carboxylic acid groups (broad SMARTS) is 1. The molecule has 0 saturated heterocycles. The Balaban J connectivity index is 2.34. The minimum Gasteiger partial charge on any atom is -0.480 e. The van der Waals surface area contributed by atoms with Crippen LogP contribution in [0.3, 0.4) is 0 Å². The third-order valence-electron chi connectivity index (χ3n) is 3.02. The fourth-order valence-electron chi connectivity index (χ4n) is 1.94. The van der Waals surface area contributed by atoms with Gasteiger partial charge in [-0.25, -0.2) is 0 Å². The highest BCUT2D eigenvalue weighted by molar-refractivity contribution is 5.73. The maximum Gasteiger partial charge on any atom is 0.320 e. The Kier molecular flexibility index (Phi) is 4.04. The second-order valence-electron chi connectivity index (χ2n) is 4.69. The number of nitro groups is 1. The van der Waals surface area contributed by atoms with Crippen LogP contribution >= 0.6 is 0 Å². The summed E-state index contributed by atoms with van der Waals surface area (Å²) in [5, 5.41) is 19.8. The molecule has 0 aliphatic heterocycles. The summed E-state index contributed by atoms with van der Waals surface area (Å²) < 4.78 is 5.47. The average Bonchev–Trinajstić information content (AvgIpc) is 2.86. The number of carboxylic acids is 1. The van der Waals surface area contributed by atoms with Crippen molar-refractivity contribution in [2.24, 2.45) is 5.73 Å². The quantitative estimate of drug-likeness (QED) is 0.642. The first kappa shape index (κ1) is 14.7. The van der Waals surface area contributed by atoms with Gasteiger partial charge in [-0.2, -0.15) is 0 Å². The molecule has 0 spiro atoms. The number of nitrogens with two attached hydrogens (primary N) is 1. The first-order valence-electron chi connectivity index (χ1n) is 6.21. The van der Waals surface area contributed by atoms with E-state index >= 15 is 0 Å². The van der Waals surface area contributed by atoms with Gasteiger partial charge < -0.3 is 15.3 Å². The first-order chi connectivity index (χ1) is 9.88. The molecule has 0 aliphatic rings. The van der Waals surface area contributed by atoms with Crippen LogP contribution in [0, 0.1) is 17.0 Å². The highest BCUT2D eigenvalue weighted by Crippen LogP contribution is 2.32. The summed E-state index contributed by atoms with van der Waals surface area (Å²) in [6.07, 6.45) is 0.0228. The Morgan fingerprint density at radius 1 is 1.43 bits per heavy atom. The molecule has 0 saturated carbocycles. The molecule has 3 N–H and O–H groups in total. The lowest BCUT2D eigenvalue weighted by Gasteiger charge is -2.03. The molecule has 0 radical (unpaired) electrons. The minimum absolute atomic E-state index is 0.0228. The number of benzene rings is 1. The van der Waals surface area contributed by atoms with Gasteiger partial charge >= 0.3 is 5.97 Å². The zero-order chi connectivity index (χ0) is 15.6. The zero-order valence-corrected chi connectivity index (χ0v) is 11.3. The lowest BCUT2D eigenvalue weighted by molar-refractivity contribution is -0.384. The van der Waals surface area contributed by atoms with Crippen LogP contribution in [0.5, 0.6) is 0 Å². The van der Waals surface area contributed by atoms with Gasteiger partial charge in [0.25, 0.3) is 5.69 Å². The summed E-state index contributed by atoms with van der Waals surface area (Å²) >= 11 is 0. The topological polar surface area (TPSA) is 120 Å². The van der Waals surface area contributed by atoms with Crippen molar-refractivity contribution in [3.8, 4) is 11.3 Å². The van der Waals surface area contributed by atoms with Crippen molar-refractivity contribution < 1.29 is 19.2 Å². The Morgan fingerprint density at radius 3 is 2.76 bits per heavy atom. The summed E-state index contributed by atoms with van der Waals surface area (Å²) in [6, 6.07) is 6.88. The molecule has 1 unspecified atom stereocenters. The third kappa shape index (κ3) is 3.26. The molecule has 7 nitrogen and oxygen atoms in total. The summed E-state index contributed by atoms with van der Waals surface area (Å²) in [5.74, 6) is -0.446. The number of carbonyl (C=O) groups is 1. The van der Waals surface area contributed by atoms with Crippen molar-refractivity contribution in [3.05, 3.63) is 51.8 Å². The molecule has 2 rings (SSSR count). The van der Waals surface area contributed by atoms with Crippen molar-refractivity contribution in [1.82, 2.24) is 0 Å². The predicted molar refractivity (Wildman–Crippen MR) is 74.9 cm³/mol. The zero-order valence-electron chi connectivity index (χ0n) is 11.3. The smallest absolute Gasteiger partial charge is 0.320 e. The van der Waals surface area contributed by atoms with Crippen molar-refractivity contribution in [2.45, 2.75) is 19.4 Å². The van der Waals surface area contributed by atoms with Crippen LogP contribution in [-0.4, -0.2) is 22.0 Å². The van der Waals surface area contributed by atoms with Crippen LogP contribution in [0.2, 0.25) is 0 Å². The van der Waals surface area contributed by atoms with Crippen LogP contribution in [0.1, 0.15) is 11.3 Å². The fourth-order valence-corrected chi connectivity index (χ4v) is 1.94. The highest BCUT2D eigenvalue weighted by Gasteiger charge is 2.20. The van der Waals surface area contributed by atoms with E-state index in [0.29, 0.717) is 17.1 Å². The molecule has 21 heavy (non-hydrogen) atoms. The number of aliphatic carboxylic acids is 1. The number of rotatable bonds is 5. The van der Waals surface area contributed by atoms with Crippen molar-refractivity contribution in [2.75, 3.05) is 0 Å². The van der Waals surface area contributed by atoms with E-state index in [0.717, 1.165) is 5.56 Å². The molecule has 1 aromatic carbocycles. The highest BCUT2D eigenvalue weighted by atomic mass is 16.6. The SMILES string of the molecule is Cc1ccc(-c2ccc(CC(N)C(=O)O)o2)c([N+](=O)[O-])c1.